The molecule has 0 amide bonds. The predicted octanol–water partition coefficient (Wildman–Crippen LogP) is 8.98. The van der Waals surface area contributed by atoms with Crippen LogP contribution in [0.5, 0.6) is 0 Å². The molecule has 2 saturated heterocycles. The Bertz CT molecular complexity index is 557. The zero-order valence-corrected chi connectivity index (χ0v) is 25.3. The summed E-state index contributed by atoms with van der Waals surface area (Å²) in [5.74, 6) is 12.1. The second-order valence-electron chi connectivity index (χ2n) is 9.43. The Hall–Kier alpha value is 0.388. The van der Waals surface area contributed by atoms with Crippen molar-refractivity contribution in [2.75, 3.05) is 12.3 Å². The Kier molecular flexibility index (Phi) is 19.7. The topological polar surface area (TPSA) is 0 Å². The van der Waals surface area contributed by atoms with Crippen LogP contribution in [0.15, 0.2) is 0 Å². The van der Waals surface area contributed by atoms with E-state index >= 15 is 0 Å². The first-order valence-electron chi connectivity index (χ1n) is 13.2. The Labute approximate surface area is 222 Å². The molecule has 0 N–H and O–H groups in total. The summed E-state index contributed by atoms with van der Waals surface area (Å²) < 4.78 is 39.0. The first-order chi connectivity index (χ1) is 15.7. The minimum atomic E-state index is -6.00. The van der Waals surface area contributed by atoms with Crippen molar-refractivity contribution in [3.05, 3.63) is 0 Å². The fraction of sp³-hybridized carbons (Fsp3) is 0.846. The maximum absolute atomic E-state index is 9.75. The molecule has 199 valence electrons. The number of halogens is 4. The molecule has 2 heterocycles. The molecule has 0 bridgehead atoms. The number of hydrogen-bond acceptors (Lipinski definition) is 0. The molecular weight excluding hydrogens is 564 g/mol. The molecule has 2 fully saturated rings. The van der Waals surface area contributed by atoms with Gasteiger partial charge in [-0.15, -0.1) is 23.7 Å². The SMILES string of the molecule is C1#CCCC#CCC1.CC[C@@H]1CC[C@@H](CC)[PH+]1CC[PH+]1[C@H](CC)CC[C@H]1CC.F[B-](F)(F)F.[Rh]. The third-order valence-corrected chi connectivity index (χ3v) is 16.6. The van der Waals surface area contributed by atoms with E-state index < -0.39 is 7.25 Å². The van der Waals surface area contributed by atoms with Crippen molar-refractivity contribution in [2.24, 2.45) is 0 Å². The van der Waals surface area contributed by atoms with Crippen molar-refractivity contribution in [2.45, 2.75) is 127 Å². The van der Waals surface area contributed by atoms with Gasteiger partial charge in [0, 0.05) is 61.0 Å². The molecule has 2 aliphatic heterocycles. The number of hydrogen-bond donors (Lipinski definition) is 0. The summed E-state index contributed by atoms with van der Waals surface area (Å²) >= 11 is 0. The molecule has 1 radical (unpaired) electrons. The van der Waals surface area contributed by atoms with Crippen LogP contribution < -0.4 is 0 Å². The quantitative estimate of drug-likeness (QED) is 0.117. The van der Waals surface area contributed by atoms with E-state index in [0.717, 1.165) is 25.7 Å². The van der Waals surface area contributed by atoms with E-state index in [0.29, 0.717) is 0 Å². The minimum Gasteiger partial charge on any atom is -0.418 e. The van der Waals surface area contributed by atoms with Crippen molar-refractivity contribution in [3.63, 3.8) is 0 Å². The molecule has 0 saturated carbocycles. The van der Waals surface area contributed by atoms with E-state index in [1.807, 2.05) is 0 Å². The first-order valence-corrected chi connectivity index (χ1v) is 17.0. The van der Waals surface area contributed by atoms with Crippen LogP contribution in [-0.2, 0) is 19.5 Å². The summed E-state index contributed by atoms with van der Waals surface area (Å²) in [7, 11) is -6.03. The summed E-state index contributed by atoms with van der Waals surface area (Å²) in [5.41, 5.74) is 4.70. The van der Waals surface area contributed by atoms with Gasteiger partial charge in [0.25, 0.3) is 0 Å². The van der Waals surface area contributed by atoms with Gasteiger partial charge in [0.05, 0.1) is 35.0 Å². The van der Waals surface area contributed by atoms with Gasteiger partial charge in [0.15, 0.2) is 0 Å². The van der Waals surface area contributed by atoms with Crippen LogP contribution in [0.3, 0.4) is 0 Å². The van der Waals surface area contributed by atoms with Gasteiger partial charge in [-0.3, -0.25) is 0 Å². The second kappa shape index (κ2) is 19.5. The van der Waals surface area contributed by atoms with Crippen molar-refractivity contribution < 1.29 is 36.7 Å². The van der Waals surface area contributed by atoms with Gasteiger partial charge in [-0.2, -0.15) is 0 Å². The molecule has 8 heteroatoms. The average molecular weight is 610 g/mol. The van der Waals surface area contributed by atoms with Gasteiger partial charge in [-0.25, -0.2) is 0 Å². The Balaban J connectivity index is 0.000000642. The van der Waals surface area contributed by atoms with Crippen LogP contribution in [0.2, 0.25) is 0 Å². The molecule has 1 aliphatic carbocycles. The third kappa shape index (κ3) is 14.2. The van der Waals surface area contributed by atoms with E-state index in [1.54, 1.807) is 38.0 Å². The second-order valence-corrected chi connectivity index (χ2v) is 16.0. The van der Waals surface area contributed by atoms with Crippen LogP contribution in [0, 0.1) is 23.7 Å². The first kappa shape index (κ1) is 34.4. The summed E-state index contributed by atoms with van der Waals surface area (Å²) in [6.45, 7) is 9.84. The van der Waals surface area contributed by atoms with E-state index in [4.69, 9.17) is 0 Å². The average Bonchev–Trinajstić information content (AvgIpc) is 3.33. The standard InChI is InChI=1S/C18H36P2.C8H8.BF4.Rh/c1-5-15-9-10-16(6-2)19(15)13-14-20-17(7-3)11-12-18(20)8-4;1-2-4-6-8-7-5-3-1;2-1(3,4)5;/h15-18H,5-14H2,1-4H3;1-2,7-8H2;;/q;;-1;/p+2/t15-,16-,17-,18-;;;/m1.../s1. The van der Waals surface area contributed by atoms with Crippen molar-refractivity contribution >= 4 is 23.1 Å². The monoisotopic (exact) mass is 610 g/mol. The van der Waals surface area contributed by atoms with E-state index in [-0.39, 0.29) is 35.3 Å². The minimum absolute atomic E-state index is 0. The fourth-order valence-electron chi connectivity index (χ4n) is 5.79. The van der Waals surface area contributed by atoms with Crippen LogP contribution in [-0.4, -0.2) is 42.2 Å². The zero-order chi connectivity index (χ0) is 24.7. The van der Waals surface area contributed by atoms with E-state index in [1.165, 1.54) is 48.3 Å². The molecule has 3 rings (SSSR count). The fourth-order valence-corrected chi connectivity index (χ4v) is 15.3. The summed E-state index contributed by atoms with van der Waals surface area (Å²) in [5, 5.41) is 0. The van der Waals surface area contributed by atoms with E-state index in [9.17, 15) is 17.3 Å². The van der Waals surface area contributed by atoms with Crippen molar-refractivity contribution in [3.8, 4) is 23.7 Å². The molecule has 3 aliphatic rings. The predicted molar refractivity (Wildman–Crippen MR) is 145 cm³/mol. The molecule has 0 aromatic rings. The molecule has 0 unspecified atom stereocenters. The van der Waals surface area contributed by atoms with Gasteiger partial charge in [0.2, 0.25) is 0 Å². The molecule has 34 heavy (non-hydrogen) atoms. The maximum Gasteiger partial charge on any atom is 0.673 e. The van der Waals surface area contributed by atoms with Gasteiger partial charge in [-0.05, 0) is 51.4 Å². The van der Waals surface area contributed by atoms with Gasteiger partial charge < -0.3 is 17.3 Å². The Morgan fingerprint density at radius 3 is 0.941 bits per heavy atom. The molecular formula is C26H46BF4P2Rh+. The number of rotatable bonds is 7. The summed E-state index contributed by atoms with van der Waals surface area (Å²) in [6, 6.07) is 0. The van der Waals surface area contributed by atoms with Crippen LogP contribution >= 0.6 is 15.8 Å². The zero-order valence-electron chi connectivity index (χ0n) is 21.6. The normalized spacial score (nSPS) is 26.7. The smallest absolute Gasteiger partial charge is 0.418 e. The summed E-state index contributed by atoms with van der Waals surface area (Å²) in [4.78, 5) is 0. The molecule has 0 aromatic heterocycles. The molecule has 0 spiro atoms. The molecule has 0 nitrogen and oxygen atoms in total. The molecule has 0 aromatic carbocycles. The van der Waals surface area contributed by atoms with Crippen molar-refractivity contribution in [1.29, 1.82) is 0 Å². The Morgan fingerprint density at radius 1 is 0.559 bits per heavy atom. The largest absolute Gasteiger partial charge is 0.673 e. The van der Waals surface area contributed by atoms with Crippen LogP contribution in [0.1, 0.15) is 105 Å². The van der Waals surface area contributed by atoms with Gasteiger partial charge in [0.1, 0.15) is 0 Å². The van der Waals surface area contributed by atoms with Gasteiger partial charge >= 0.3 is 7.25 Å². The van der Waals surface area contributed by atoms with E-state index in [2.05, 4.69) is 51.4 Å². The maximum atomic E-state index is 9.75. The Morgan fingerprint density at radius 2 is 0.765 bits per heavy atom. The summed E-state index contributed by atoms with van der Waals surface area (Å²) in [6.07, 6.45) is 19.5. The van der Waals surface area contributed by atoms with Crippen molar-refractivity contribution in [1.82, 2.24) is 0 Å². The van der Waals surface area contributed by atoms with Gasteiger partial charge in [-0.1, -0.05) is 27.7 Å². The molecule has 4 atom stereocenters. The van der Waals surface area contributed by atoms with Crippen LogP contribution in [0.4, 0.5) is 17.3 Å². The third-order valence-electron chi connectivity index (χ3n) is 7.50. The van der Waals surface area contributed by atoms with Crippen LogP contribution in [0.25, 0.3) is 0 Å².